The van der Waals surface area contributed by atoms with E-state index in [0.29, 0.717) is 0 Å². The van der Waals surface area contributed by atoms with Gasteiger partial charge in [-0.1, -0.05) is 65.0 Å². The molecule has 0 bridgehead atoms. The summed E-state index contributed by atoms with van der Waals surface area (Å²) in [5.41, 5.74) is 3.35. The van der Waals surface area contributed by atoms with E-state index in [1.54, 1.807) is 23.1 Å². The third-order valence-corrected chi connectivity index (χ3v) is 5.37. The van der Waals surface area contributed by atoms with E-state index in [-0.39, 0.29) is 0 Å². The van der Waals surface area contributed by atoms with Gasteiger partial charge in [-0.25, -0.2) is 0 Å². The molecule has 0 fully saturated rings. The van der Waals surface area contributed by atoms with Gasteiger partial charge in [-0.3, -0.25) is 0 Å². The minimum Gasteiger partial charge on any atom is -0.330 e. The van der Waals surface area contributed by atoms with Gasteiger partial charge in [-0.2, -0.15) is 0 Å². The number of nitrogens with one attached hydrogen (secondary N) is 1. The SMILES string of the molecule is Cc1cccc(Nc2nnc(SCc3ccccc3Cl)s2)c1. The van der Waals surface area contributed by atoms with Crippen LogP contribution in [0.25, 0.3) is 0 Å². The second-order valence-corrected chi connectivity index (χ2v) is 7.35. The van der Waals surface area contributed by atoms with Crippen molar-refractivity contribution in [3.63, 3.8) is 0 Å². The van der Waals surface area contributed by atoms with Crippen LogP contribution in [0.5, 0.6) is 0 Å². The molecule has 0 aliphatic carbocycles. The van der Waals surface area contributed by atoms with Crippen LogP contribution in [0.3, 0.4) is 0 Å². The second-order valence-electron chi connectivity index (χ2n) is 4.75. The van der Waals surface area contributed by atoms with Gasteiger partial charge in [-0.05, 0) is 36.2 Å². The van der Waals surface area contributed by atoms with Crippen molar-refractivity contribution in [2.24, 2.45) is 0 Å². The average Bonchev–Trinajstić information content (AvgIpc) is 2.94. The lowest BCUT2D eigenvalue weighted by molar-refractivity contribution is 1.01. The van der Waals surface area contributed by atoms with Gasteiger partial charge in [0.2, 0.25) is 5.13 Å². The van der Waals surface area contributed by atoms with Gasteiger partial charge < -0.3 is 5.32 Å². The van der Waals surface area contributed by atoms with Crippen LogP contribution < -0.4 is 5.32 Å². The van der Waals surface area contributed by atoms with E-state index in [4.69, 9.17) is 11.6 Å². The van der Waals surface area contributed by atoms with Crippen LogP contribution in [0.4, 0.5) is 10.8 Å². The zero-order chi connectivity index (χ0) is 15.4. The van der Waals surface area contributed by atoms with Gasteiger partial charge >= 0.3 is 0 Å². The lowest BCUT2D eigenvalue weighted by Crippen LogP contribution is -1.89. The predicted octanol–water partition coefficient (Wildman–Crippen LogP) is 5.54. The van der Waals surface area contributed by atoms with Crippen molar-refractivity contribution in [3.8, 4) is 0 Å². The molecule has 6 heteroatoms. The van der Waals surface area contributed by atoms with Crippen LogP contribution >= 0.6 is 34.7 Å². The minimum absolute atomic E-state index is 0.789. The first kappa shape index (κ1) is 15.3. The maximum atomic E-state index is 6.16. The number of anilines is 2. The van der Waals surface area contributed by atoms with Gasteiger partial charge in [0.15, 0.2) is 4.34 Å². The highest BCUT2D eigenvalue weighted by Gasteiger charge is 2.07. The Morgan fingerprint density at radius 2 is 2.00 bits per heavy atom. The Kier molecular flexibility index (Phi) is 4.97. The molecule has 3 aromatic rings. The van der Waals surface area contributed by atoms with Crippen LogP contribution in [-0.2, 0) is 5.75 Å². The Morgan fingerprint density at radius 1 is 1.14 bits per heavy atom. The Hall–Kier alpha value is -1.56. The van der Waals surface area contributed by atoms with Crippen molar-refractivity contribution in [1.29, 1.82) is 0 Å². The molecule has 22 heavy (non-hydrogen) atoms. The highest BCUT2D eigenvalue weighted by atomic mass is 35.5. The third-order valence-electron chi connectivity index (χ3n) is 2.98. The molecule has 0 spiro atoms. The van der Waals surface area contributed by atoms with Crippen LogP contribution in [0.15, 0.2) is 52.9 Å². The van der Waals surface area contributed by atoms with Gasteiger partial charge in [0.05, 0.1) is 0 Å². The van der Waals surface area contributed by atoms with E-state index in [1.165, 1.54) is 5.56 Å². The van der Waals surface area contributed by atoms with Crippen LogP contribution in [0.1, 0.15) is 11.1 Å². The molecular formula is C16H14ClN3S2. The third kappa shape index (κ3) is 4.00. The number of aryl methyl sites for hydroxylation is 1. The number of hydrogen-bond acceptors (Lipinski definition) is 5. The fraction of sp³-hybridized carbons (Fsp3) is 0.125. The Bertz CT molecular complexity index is 773. The van der Waals surface area contributed by atoms with Gasteiger partial charge in [0.25, 0.3) is 0 Å². The van der Waals surface area contributed by atoms with E-state index in [0.717, 1.165) is 31.5 Å². The van der Waals surface area contributed by atoms with Crippen molar-refractivity contribution in [1.82, 2.24) is 10.2 Å². The number of halogens is 1. The van der Waals surface area contributed by atoms with E-state index < -0.39 is 0 Å². The zero-order valence-electron chi connectivity index (χ0n) is 11.9. The first-order chi connectivity index (χ1) is 10.7. The molecule has 3 rings (SSSR count). The largest absolute Gasteiger partial charge is 0.330 e. The molecule has 3 nitrogen and oxygen atoms in total. The van der Waals surface area contributed by atoms with E-state index in [1.807, 2.05) is 36.4 Å². The number of aromatic nitrogens is 2. The van der Waals surface area contributed by atoms with Gasteiger partial charge in [0.1, 0.15) is 0 Å². The predicted molar refractivity (Wildman–Crippen MR) is 95.4 cm³/mol. The fourth-order valence-electron chi connectivity index (χ4n) is 1.92. The monoisotopic (exact) mass is 347 g/mol. The van der Waals surface area contributed by atoms with Crippen molar-refractivity contribution in [3.05, 3.63) is 64.7 Å². The standard InChI is InChI=1S/C16H14ClN3S2/c1-11-5-4-7-13(9-11)18-15-19-20-16(22-15)21-10-12-6-2-3-8-14(12)17/h2-9H,10H2,1H3,(H,18,19). The number of rotatable bonds is 5. The summed E-state index contributed by atoms with van der Waals surface area (Å²) < 4.78 is 0.926. The topological polar surface area (TPSA) is 37.8 Å². The van der Waals surface area contributed by atoms with E-state index >= 15 is 0 Å². The molecule has 0 atom stereocenters. The molecule has 112 valence electrons. The molecular weight excluding hydrogens is 334 g/mol. The summed E-state index contributed by atoms with van der Waals surface area (Å²) in [5, 5.41) is 13.3. The van der Waals surface area contributed by atoms with E-state index in [9.17, 15) is 0 Å². The lowest BCUT2D eigenvalue weighted by atomic mass is 10.2. The Balaban J connectivity index is 1.63. The smallest absolute Gasteiger partial charge is 0.210 e. The molecule has 0 aliphatic rings. The highest BCUT2D eigenvalue weighted by Crippen LogP contribution is 2.31. The molecule has 1 aromatic heterocycles. The number of thioether (sulfide) groups is 1. The molecule has 0 unspecified atom stereocenters. The Morgan fingerprint density at radius 3 is 2.82 bits per heavy atom. The van der Waals surface area contributed by atoms with Crippen molar-refractivity contribution in [2.75, 3.05) is 5.32 Å². The van der Waals surface area contributed by atoms with Crippen molar-refractivity contribution in [2.45, 2.75) is 17.0 Å². The number of nitrogens with zero attached hydrogens (tertiary/aromatic N) is 2. The number of benzene rings is 2. The van der Waals surface area contributed by atoms with E-state index in [2.05, 4.69) is 34.6 Å². The Labute approximate surface area is 142 Å². The molecule has 0 aliphatic heterocycles. The van der Waals surface area contributed by atoms with Gasteiger partial charge in [0, 0.05) is 16.5 Å². The number of hydrogen-bond donors (Lipinski definition) is 1. The molecule has 1 heterocycles. The molecule has 0 amide bonds. The van der Waals surface area contributed by atoms with Crippen LogP contribution in [-0.4, -0.2) is 10.2 Å². The summed E-state index contributed by atoms with van der Waals surface area (Å²) in [6, 6.07) is 16.0. The van der Waals surface area contributed by atoms with Gasteiger partial charge in [-0.15, -0.1) is 10.2 Å². The van der Waals surface area contributed by atoms with Crippen LogP contribution in [0.2, 0.25) is 5.02 Å². The minimum atomic E-state index is 0.789. The average molecular weight is 348 g/mol. The maximum absolute atomic E-state index is 6.16. The normalized spacial score (nSPS) is 10.6. The summed E-state index contributed by atoms with van der Waals surface area (Å²) in [6.07, 6.45) is 0. The first-order valence-electron chi connectivity index (χ1n) is 6.74. The highest BCUT2D eigenvalue weighted by molar-refractivity contribution is 8.00. The summed E-state index contributed by atoms with van der Waals surface area (Å²) in [4.78, 5) is 0. The molecule has 0 radical (unpaired) electrons. The van der Waals surface area contributed by atoms with Crippen molar-refractivity contribution >= 4 is 45.5 Å². The van der Waals surface area contributed by atoms with Crippen molar-refractivity contribution < 1.29 is 0 Å². The first-order valence-corrected chi connectivity index (χ1v) is 8.92. The molecule has 0 saturated heterocycles. The summed E-state index contributed by atoms with van der Waals surface area (Å²) in [6.45, 7) is 2.07. The zero-order valence-corrected chi connectivity index (χ0v) is 14.3. The fourth-order valence-corrected chi connectivity index (χ4v) is 3.98. The maximum Gasteiger partial charge on any atom is 0.210 e. The molecule has 0 saturated carbocycles. The summed E-state index contributed by atoms with van der Waals surface area (Å²) >= 11 is 9.35. The molecule has 2 aromatic carbocycles. The summed E-state index contributed by atoms with van der Waals surface area (Å²) in [7, 11) is 0. The second kappa shape index (κ2) is 7.13. The quantitative estimate of drug-likeness (QED) is 0.615. The summed E-state index contributed by atoms with van der Waals surface area (Å²) in [5.74, 6) is 0.790. The molecule has 1 N–H and O–H groups in total. The lowest BCUT2D eigenvalue weighted by Gasteiger charge is -2.02. The van der Waals surface area contributed by atoms with Crippen LogP contribution in [0, 0.1) is 6.92 Å².